The Morgan fingerprint density at radius 1 is 1.88 bits per heavy atom. The van der Waals surface area contributed by atoms with Crippen molar-refractivity contribution >= 4 is 0 Å². The topological polar surface area (TPSA) is 32.3 Å². The first-order valence-corrected chi connectivity index (χ1v) is 3.06. The number of aliphatic hydroxyl groups is 1. The van der Waals surface area contributed by atoms with Gasteiger partial charge in [-0.15, -0.1) is 0 Å². The molecule has 0 saturated heterocycles. The monoisotopic (exact) mass is 115 g/mol. The summed E-state index contributed by atoms with van der Waals surface area (Å²) < 4.78 is 0. The molecular formula is C6H13NO. The highest BCUT2D eigenvalue weighted by Gasteiger charge is 2.48. The van der Waals surface area contributed by atoms with Crippen LogP contribution in [0.5, 0.6) is 0 Å². The molecule has 8 heavy (non-hydrogen) atoms. The lowest BCUT2D eigenvalue weighted by molar-refractivity contribution is 0.135. The van der Waals surface area contributed by atoms with Crippen molar-refractivity contribution in [2.75, 3.05) is 13.6 Å². The van der Waals surface area contributed by atoms with E-state index in [1.807, 2.05) is 7.05 Å². The Hall–Kier alpha value is -0.0800. The third-order valence-electron chi connectivity index (χ3n) is 1.90. The smallest absolute Gasteiger partial charge is 0.0801 e. The van der Waals surface area contributed by atoms with Crippen LogP contribution in [0.15, 0.2) is 0 Å². The summed E-state index contributed by atoms with van der Waals surface area (Å²) in [7, 11) is 1.86. The molecule has 0 spiro atoms. The standard InChI is InChI=1S/C6H13NO/c1-5-3-6(5,8)4-7-2/h5,7-8H,3-4H2,1-2H3. The third kappa shape index (κ3) is 0.858. The highest BCUT2D eigenvalue weighted by atomic mass is 16.3. The Bertz CT molecular complexity index is 94.5. The van der Waals surface area contributed by atoms with Crippen LogP contribution in [-0.4, -0.2) is 24.3 Å². The highest BCUT2D eigenvalue weighted by molar-refractivity contribution is 5.01. The minimum atomic E-state index is -0.352. The average Bonchev–Trinajstić information content (AvgIpc) is 2.16. The van der Waals surface area contributed by atoms with Crippen molar-refractivity contribution in [3.8, 4) is 0 Å². The van der Waals surface area contributed by atoms with Crippen LogP contribution in [0, 0.1) is 5.92 Å². The summed E-state index contributed by atoms with van der Waals surface area (Å²) >= 11 is 0. The molecule has 0 aromatic rings. The lowest BCUT2D eigenvalue weighted by Gasteiger charge is -2.05. The SMILES string of the molecule is CNCC1(O)CC1C. The predicted octanol–water partition coefficient (Wildman–Crippen LogP) is -0.0233. The number of hydrogen-bond donors (Lipinski definition) is 2. The summed E-state index contributed by atoms with van der Waals surface area (Å²) in [5.41, 5.74) is -0.352. The zero-order chi connectivity index (χ0) is 6.20. The number of likely N-dealkylation sites (N-methyl/N-ethyl adjacent to an activating group) is 1. The minimum Gasteiger partial charge on any atom is -0.388 e. The number of rotatable bonds is 2. The van der Waals surface area contributed by atoms with E-state index in [4.69, 9.17) is 0 Å². The van der Waals surface area contributed by atoms with Gasteiger partial charge in [0.1, 0.15) is 0 Å². The van der Waals surface area contributed by atoms with E-state index in [0.29, 0.717) is 5.92 Å². The van der Waals surface area contributed by atoms with Crippen LogP contribution in [0.1, 0.15) is 13.3 Å². The zero-order valence-corrected chi connectivity index (χ0v) is 5.44. The Balaban J connectivity index is 2.25. The van der Waals surface area contributed by atoms with Crippen molar-refractivity contribution in [1.82, 2.24) is 5.32 Å². The summed E-state index contributed by atoms with van der Waals surface area (Å²) in [6.45, 7) is 2.81. The van der Waals surface area contributed by atoms with Crippen LogP contribution in [0.2, 0.25) is 0 Å². The van der Waals surface area contributed by atoms with Gasteiger partial charge in [-0.3, -0.25) is 0 Å². The molecule has 0 aliphatic heterocycles. The maximum Gasteiger partial charge on any atom is 0.0801 e. The van der Waals surface area contributed by atoms with Crippen molar-refractivity contribution in [2.45, 2.75) is 18.9 Å². The summed E-state index contributed by atoms with van der Waals surface area (Å²) in [4.78, 5) is 0. The maximum absolute atomic E-state index is 9.33. The van der Waals surface area contributed by atoms with E-state index in [-0.39, 0.29) is 5.60 Å². The molecule has 2 atom stereocenters. The second-order valence-electron chi connectivity index (χ2n) is 2.74. The molecule has 1 rings (SSSR count). The van der Waals surface area contributed by atoms with Crippen LogP contribution in [0.3, 0.4) is 0 Å². The molecule has 2 heteroatoms. The number of hydrogen-bond acceptors (Lipinski definition) is 2. The van der Waals surface area contributed by atoms with Crippen molar-refractivity contribution in [1.29, 1.82) is 0 Å². The first-order valence-electron chi connectivity index (χ1n) is 3.06. The fourth-order valence-corrected chi connectivity index (χ4v) is 1.02. The second-order valence-corrected chi connectivity index (χ2v) is 2.74. The summed E-state index contributed by atoms with van der Waals surface area (Å²) in [6, 6.07) is 0. The second kappa shape index (κ2) is 1.71. The van der Waals surface area contributed by atoms with Crippen LogP contribution < -0.4 is 5.32 Å². The molecule has 0 bridgehead atoms. The van der Waals surface area contributed by atoms with Gasteiger partial charge in [0.2, 0.25) is 0 Å². The van der Waals surface area contributed by atoms with Gasteiger partial charge in [-0.05, 0) is 19.4 Å². The Kier molecular flexibility index (Phi) is 1.29. The van der Waals surface area contributed by atoms with E-state index >= 15 is 0 Å². The molecular weight excluding hydrogens is 102 g/mol. The van der Waals surface area contributed by atoms with E-state index in [2.05, 4.69) is 12.2 Å². The Labute approximate surface area is 49.9 Å². The van der Waals surface area contributed by atoms with Crippen LogP contribution in [0.4, 0.5) is 0 Å². The molecule has 0 heterocycles. The van der Waals surface area contributed by atoms with Gasteiger partial charge in [0.25, 0.3) is 0 Å². The van der Waals surface area contributed by atoms with Gasteiger partial charge >= 0.3 is 0 Å². The minimum absolute atomic E-state index is 0.352. The Morgan fingerprint density at radius 2 is 2.38 bits per heavy atom. The molecule has 2 N–H and O–H groups in total. The van der Waals surface area contributed by atoms with Gasteiger partial charge in [-0.2, -0.15) is 0 Å². The van der Waals surface area contributed by atoms with Gasteiger partial charge < -0.3 is 10.4 Å². The fourth-order valence-electron chi connectivity index (χ4n) is 1.02. The van der Waals surface area contributed by atoms with Crippen molar-refractivity contribution in [3.05, 3.63) is 0 Å². The largest absolute Gasteiger partial charge is 0.388 e. The lowest BCUT2D eigenvalue weighted by atomic mass is 10.3. The van der Waals surface area contributed by atoms with Crippen LogP contribution in [-0.2, 0) is 0 Å². The van der Waals surface area contributed by atoms with E-state index < -0.39 is 0 Å². The van der Waals surface area contributed by atoms with E-state index in [1.165, 1.54) is 0 Å². The van der Waals surface area contributed by atoms with Gasteiger partial charge in [0.05, 0.1) is 5.60 Å². The predicted molar refractivity (Wildman–Crippen MR) is 32.7 cm³/mol. The first kappa shape index (κ1) is 6.05. The summed E-state index contributed by atoms with van der Waals surface area (Å²) in [5.74, 6) is 0.509. The zero-order valence-electron chi connectivity index (χ0n) is 5.44. The molecule has 48 valence electrons. The Morgan fingerprint density at radius 3 is 2.50 bits per heavy atom. The normalized spacial score (nSPS) is 44.6. The molecule has 0 amide bonds. The molecule has 0 aromatic heterocycles. The molecule has 1 fully saturated rings. The summed E-state index contributed by atoms with van der Waals surface area (Å²) in [5, 5.41) is 12.3. The van der Waals surface area contributed by atoms with Crippen LogP contribution in [0.25, 0.3) is 0 Å². The van der Waals surface area contributed by atoms with Crippen molar-refractivity contribution < 1.29 is 5.11 Å². The van der Waals surface area contributed by atoms with E-state index in [0.717, 1.165) is 13.0 Å². The van der Waals surface area contributed by atoms with E-state index in [1.54, 1.807) is 0 Å². The van der Waals surface area contributed by atoms with Gasteiger partial charge in [-0.1, -0.05) is 6.92 Å². The average molecular weight is 115 g/mol. The maximum atomic E-state index is 9.33. The molecule has 2 unspecified atom stereocenters. The van der Waals surface area contributed by atoms with Crippen LogP contribution >= 0.6 is 0 Å². The van der Waals surface area contributed by atoms with E-state index in [9.17, 15) is 5.11 Å². The van der Waals surface area contributed by atoms with Gasteiger partial charge in [0, 0.05) is 6.54 Å². The summed E-state index contributed by atoms with van der Waals surface area (Å²) in [6.07, 6.45) is 0.966. The highest BCUT2D eigenvalue weighted by Crippen LogP contribution is 2.41. The lowest BCUT2D eigenvalue weighted by Crippen LogP contribution is -2.26. The quantitative estimate of drug-likeness (QED) is 0.530. The molecule has 0 radical (unpaired) electrons. The first-order chi connectivity index (χ1) is 3.69. The van der Waals surface area contributed by atoms with Gasteiger partial charge in [0.15, 0.2) is 0 Å². The molecule has 2 nitrogen and oxygen atoms in total. The molecule has 1 saturated carbocycles. The number of nitrogens with one attached hydrogen (secondary N) is 1. The molecule has 1 aliphatic carbocycles. The fraction of sp³-hybridized carbons (Fsp3) is 1.00. The molecule has 1 aliphatic rings. The van der Waals surface area contributed by atoms with Crippen molar-refractivity contribution in [2.24, 2.45) is 5.92 Å². The third-order valence-corrected chi connectivity index (χ3v) is 1.90. The van der Waals surface area contributed by atoms with Gasteiger partial charge in [-0.25, -0.2) is 0 Å². The molecule has 0 aromatic carbocycles. The van der Waals surface area contributed by atoms with Crippen molar-refractivity contribution in [3.63, 3.8) is 0 Å².